The fourth-order valence-corrected chi connectivity index (χ4v) is 2.78. The molecule has 0 atom stereocenters. The largest absolute Gasteiger partial charge is 0.497 e. The molecule has 0 bridgehead atoms. The minimum Gasteiger partial charge on any atom is -0.497 e. The normalized spacial score (nSPS) is 10.6. The molecule has 0 spiro atoms. The molecule has 3 aromatic carbocycles. The van der Waals surface area contributed by atoms with E-state index in [1.165, 1.54) is 6.21 Å². The molecule has 148 valence electrons. The van der Waals surface area contributed by atoms with Crippen molar-refractivity contribution in [2.24, 2.45) is 5.16 Å². The second kappa shape index (κ2) is 9.94. The first-order valence-electron chi connectivity index (χ1n) is 9.03. The molecule has 1 N–H and O–H groups in total. The van der Waals surface area contributed by atoms with Crippen molar-refractivity contribution in [3.8, 4) is 22.6 Å². The highest BCUT2D eigenvalue weighted by Gasteiger charge is 2.08. The first-order valence-corrected chi connectivity index (χ1v) is 9.03. The van der Waals surface area contributed by atoms with Crippen LogP contribution in [-0.4, -0.2) is 32.9 Å². The van der Waals surface area contributed by atoms with Crippen molar-refractivity contribution in [2.75, 3.05) is 26.1 Å². The molecule has 6 nitrogen and oxygen atoms in total. The summed E-state index contributed by atoms with van der Waals surface area (Å²) in [5.74, 6) is 0.991. The van der Waals surface area contributed by atoms with Crippen LogP contribution in [0.4, 0.5) is 5.69 Å². The van der Waals surface area contributed by atoms with E-state index in [4.69, 9.17) is 14.3 Å². The van der Waals surface area contributed by atoms with Gasteiger partial charge in [-0.05, 0) is 29.8 Å². The Hall–Kier alpha value is -3.80. The molecule has 0 fully saturated rings. The Labute approximate surface area is 169 Å². The van der Waals surface area contributed by atoms with Crippen molar-refractivity contribution in [3.05, 3.63) is 78.4 Å². The fraction of sp³-hybridized carbons (Fsp3) is 0.130. The van der Waals surface area contributed by atoms with Gasteiger partial charge in [0.2, 0.25) is 0 Å². The molecule has 29 heavy (non-hydrogen) atoms. The van der Waals surface area contributed by atoms with Gasteiger partial charge in [0.25, 0.3) is 5.91 Å². The average Bonchev–Trinajstić information content (AvgIpc) is 2.77. The molecular formula is C23H22N2O4. The van der Waals surface area contributed by atoms with Crippen LogP contribution >= 0.6 is 0 Å². The average molecular weight is 390 g/mol. The molecule has 0 aromatic heterocycles. The topological polar surface area (TPSA) is 69.1 Å². The van der Waals surface area contributed by atoms with E-state index >= 15 is 0 Å². The number of hydrogen-bond acceptors (Lipinski definition) is 5. The van der Waals surface area contributed by atoms with Crippen molar-refractivity contribution < 1.29 is 19.1 Å². The second-order valence-electron chi connectivity index (χ2n) is 6.08. The maximum absolute atomic E-state index is 12.3. The molecule has 3 rings (SSSR count). The van der Waals surface area contributed by atoms with Crippen LogP contribution in [0.1, 0.15) is 5.56 Å². The summed E-state index contributed by atoms with van der Waals surface area (Å²) in [4.78, 5) is 17.4. The molecule has 0 unspecified atom stereocenters. The van der Waals surface area contributed by atoms with E-state index in [9.17, 15) is 4.79 Å². The first kappa shape index (κ1) is 19.9. The number of carbonyl (C=O) groups excluding carboxylic acids is 1. The summed E-state index contributed by atoms with van der Waals surface area (Å²) in [6.45, 7) is -0.216. The highest BCUT2D eigenvalue weighted by molar-refractivity contribution is 5.96. The van der Waals surface area contributed by atoms with E-state index < -0.39 is 0 Å². The number of rotatable bonds is 8. The van der Waals surface area contributed by atoms with Gasteiger partial charge in [0.1, 0.15) is 11.5 Å². The molecule has 0 aliphatic rings. The van der Waals surface area contributed by atoms with Crippen LogP contribution in [0.25, 0.3) is 11.1 Å². The van der Waals surface area contributed by atoms with Crippen LogP contribution in [0, 0.1) is 0 Å². The summed E-state index contributed by atoms with van der Waals surface area (Å²) in [6, 6.07) is 22.8. The summed E-state index contributed by atoms with van der Waals surface area (Å²) in [6.07, 6.45) is 1.48. The van der Waals surface area contributed by atoms with Gasteiger partial charge in [0, 0.05) is 16.8 Å². The highest BCUT2D eigenvalue weighted by Crippen LogP contribution is 2.27. The van der Waals surface area contributed by atoms with Gasteiger partial charge in [-0.3, -0.25) is 4.79 Å². The van der Waals surface area contributed by atoms with Gasteiger partial charge >= 0.3 is 0 Å². The van der Waals surface area contributed by atoms with Crippen LogP contribution in [0.3, 0.4) is 0 Å². The monoisotopic (exact) mass is 390 g/mol. The molecule has 0 heterocycles. The lowest BCUT2D eigenvalue weighted by Crippen LogP contribution is -2.17. The van der Waals surface area contributed by atoms with Crippen molar-refractivity contribution in [1.29, 1.82) is 0 Å². The Bertz CT molecular complexity index is 987. The molecule has 0 saturated heterocycles. The van der Waals surface area contributed by atoms with Gasteiger partial charge in [-0.1, -0.05) is 53.7 Å². The zero-order valence-electron chi connectivity index (χ0n) is 16.3. The second-order valence-corrected chi connectivity index (χ2v) is 6.08. The summed E-state index contributed by atoms with van der Waals surface area (Å²) < 4.78 is 10.5. The SMILES string of the molecule is COc1ccc(OC)c(/C=N/OCC(=O)Nc2ccccc2-c2ccccc2)c1. The molecule has 0 radical (unpaired) electrons. The number of amides is 1. The van der Waals surface area contributed by atoms with Crippen LogP contribution in [0.5, 0.6) is 11.5 Å². The Morgan fingerprint density at radius 3 is 2.48 bits per heavy atom. The standard InChI is InChI=1S/C23H22N2O4/c1-27-19-12-13-22(28-2)18(14-19)15-24-29-16-23(26)25-21-11-7-6-10-20(21)17-8-4-3-5-9-17/h3-15H,16H2,1-2H3,(H,25,26)/b24-15+. The highest BCUT2D eigenvalue weighted by atomic mass is 16.6. The molecule has 3 aromatic rings. The van der Waals surface area contributed by atoms with E-state index in [-0.39, 0.29) is 12.5 Å². The first-order chi connectivity index (χ1) is 14.2. The van der Waals surface area contributed by atoms with Gasteiger partial charge in [-0.25, -0.2) is 0 Å². The number of ether oxygens (including phenoxy) is 2. The Morgan fingerprint density at radius 2 is 1.72 bits per heavy atom. The van der Waals surface area contributed by atoms with Crippen molar-refractivity contribution in [3.63, 3.8) is 0 Å². The molecule has 0 saturated carbocycles. The predicted molar refractivity (Wildman–Crippen MR) is 114 cm³/mol. The van der Waals surface area contributed by atoms with Crippen molar-refractivity contribution >= 4 is 17.8 Å². The number of methoxy groups -OCH3 is 2. The van der Waals surface area contributed by atoms with E-state index in [2.05, 4.69) is 10.5 Å². The number of carbonyl (C=O) groups is 1. The van der Waals surface area contributed by atoms with E-state index in [1.54, 1.807) is 32.4 Å². The molecule has 0 aliphatic carbocycles. The number of nitrogens with one attached hydrogen (secondary N) is 1. The van der Waals surface area contributed by atoms with Gasteiger partial charge in [-0.2, -0.15) is 0 Å². The Morgan fingerprint density at radius 1 is 0.966 bits per heavy atom. The third-order valence-corrected chi connectivity index (χ3v) is 4.18. The minimum absolute atomic E-state index is 0.216. The van der Waals surface area contributed by atoms with E-state index in [0.29, 0.717) is 22.7 Å². The number of benzene rings is 3. The maximum Gasteiger partial charge on any atom is 0.265 e. The lowest BCUT2D eigenvalue weighted by atomic mass is 10.0. The fourth-order valence-electron chi connectivity index (χ4n) is 2.78. The van der Waals surface area contributed by atoms with Crippen LogP contribution in [0.15, 0.2) is 78.0 Å². The summed E-state index contributed by atoms with van der Waals surface area (Å²) in [5.41, 5.74) is 3.35. The number of nitrogens with zero attached hydrogens (tertiary/aromatic N) is 1. The molecule has 1 amide bonds. The van der Waals surface area contributed by atoms with Gasteiger partial charge in [0.15, 0.2) is 6.61 Å². The Balaban J connectivity index is 1.61. The van der Waals surface area contributed by atoms with Gasteiger partial charge in [-0.15, -0.1) is 0 Å². The van der Waals surface area contributed by atoms with Gasteiger partial charge < -0.3 is 19.6 Å². The van der Waals surface area contributed by atoms with E-state index in [0.717, 1.165) is 11.1 Å². The number of oxime groups is 1. The number of para-hydroxylation sites is 1. The maximum atomic E-state index is 12.3. The zero-order valence-corrected chi connectivity index (χ0v) is 16.3. The lowest BCUT2D eigenvalue weighted by molar-refractivity contribution is -0.120. The lowest BCUT2D eigenvalue weighted by Gasteiger charge is -2.11. The number of hydrogen-bond donors (Lipinski definition) is 1. The van der Waals surface area contributed by atoms with Crippen molar-refractivity contribution in [2.45, 2.75) is 0 Å². The van der Waals surface area contributed by atoms with Crippen LogP contribution < -0.4 is 14.8 Å². The molecule has 6 heteroatoms. The van der Waals surface area contributed by atoms with Crippen LogP contribution in [0.2, 0.25) is 0 Å². The third kappa shape index (κ3) is 5.35. The van der Waals surface area contributed by atoms with Gasteiger partial charge in [0.05, 0.1) is 20.4 Å². The quantitative estimate of drug-likeness (QED) is 0.458. The number of anilines is 1. The summed E-state index contributed by atoms with van der Waals surface area (Å²) >= 11 is 0. The molecule has 0 aliphatic heterocycles. The summed E-state index contributed by atoms with van der Waals surface area (Å²) in [5, 5.41) is 6.73. The van der Waals surface area contributed by atoms with Crippen molar-refractivity contribution in [1.82, 2.24) is 0 Å². The van der Waals surface area contributed by atoms with E-state index in [1.807, 2.05) is 54.6 Å². The van der Waals surface area contributed by atoms with Crippen LogP contribution in [-0.2, 0) is 9.63 Å². The smallest absolute Gasteiger partial charge is 0.265 e. The Kier molecular flexibility index (Phi) is 6.84. The third-order valence-electron chi connectivity index (χ3n) is 4.18. The zero-order chi connectivity index (χ0) is 20.5. The minimum atomic E-state index is -0.303. The predicted octanol–water partition coefficient (Wildman–Crippen LogP) is 4.36. The molecular weight excluding hydrogens is 368 g/mol. The summed E-state index contributed by atoms with van der Waals surface area (Å²) in [7, 11) is 3.15.